The van der Waals surface area contributed by atoms with Crippen molar-refractivity contribution >= 4 is 9.04 Å². The van der Waals surface area contributed by atoms with Gasteiger partial charge in [-0.2, -0.15) is 0 Å². The summed E-state index contributed by atoms with van der Waals surface area (Å²) in [7, 11) is -1.13. The summed E-state index contributed by atoms with van der Waals surface area (Å²) in [5.74, 6) is 4.60. The minimum Gasteiger partial charge on any atom is -0.419 e. The van der Waals surface area contributed by atoms with Crippen LogP contribution in [0.4, 0.5) is 0 Å². The van der Waals surface area contributed by atoms with Gasteiger partial charge in [-0.05, 0) is 53.5 Å². The minimum absolute atomic E-state index is 0.897. The predicted molar refractivity (Wildman–Crippen MR) is 97.7 cm³/mol. The molecule has 2 heteroatoms. The molecule has 0 spiro atoms. The van der Waals surface area contributed by atoms with Gasteiger partial charge in [-0.25, -0.2) is 0 Å². The van der Waals surface area contributed by atoms with Crippen LogP contribution in [0.25, 0.3) is 0 Å². The maximum atomic E-state index is 6.91. The molecule has 0 aromatic rings. The van der Waals surface area contributed by atoms with E-state index in [-0.39, 0.29) is 0 Å². The van der Waals surface area contributed by atoms with Crippen LogP contribution in [0, 0.1) is 29.6 Å². The van der Waals surface area contributed by atoms with E-state index in [9.17, 15) is 0 Å². The Morgan fingerprint density at radius 3 is 1.50 bits per heavy atom. The summed E-state index contributed by atoms with van der Waals surface area (Å²) in [5, 5.41) is 0. The average Bonchev–Trinajstić information content (AvgIpc) is 3.18. The summed E-state index contributed by atoms with van der Waals surface area (Å²) in [4.78, 5) is 0. The van der Waals surface area contributed by atoms with E-state index in [1.54, 1.807) is 0 Å². The highest BCUT2D eigenvalue weighted by atomic mass is 28.3. The fourth-order valence-corrected chi connectivity index (χ4v) is 11.0. The van der Waals surface area contributed by atoms with E-state index in [2.05, 4.69) is 27.7 Å². The topological polar surface area (TPSA) is 9.23 Å². The van der Waals surface area contributed by atoms with E-state index in [0.717, 1.165) is 47.3 Å². The molecular weight excluding hydrogens is 284 g/mol. The molecule has 3 rings (SSSR count). The molecule has 3 saturated carbocycles. The Morgan fingerprint density at radius 2 is 1.09 bits per heavy atom. The molecule has 0 saturated heterocycles. The van der Waals surface area contributed by atoms with Crippen LogP contribution in [0.3, 0.4) is 0 Å². The molecule has 0 N–H and O–H groups in total. The molecule has 4 unspecified atom stereocenters. The van der Waals surface area contributed by atoms with Crippen molar-refractivity contribution in [1.29, 1.82) is 0 Å². The van der Waals surface area contributed by atoms with E-state index in [0.29, 0.717) is 0 Å². The highest BCUT2D eigenvalue weighted by Gasteiger charge is 2.47. The van der Waals surface area contributed by atoms with E-state index >= 15 is 0 Å². The molecule has 0 heterocycles. The van der Waals surface area contributed by atoms with Crippen molar-refractivity contribution in [3.05, 3.63) is 0 Å². The van der Waals surface area contributed by atoms with Gasteiger partial charge >= 0.3 is 0 Å². The molecule has 4 atom stereocenters. The Morgan fingerprint density at radius 1 is 0.682 bits per heavy atom. The standard InChI is InChI=1S/C20H38OSi/c1-14-9-10-15(2)19(14)22(20-16(3)11-12-17(20)4)21-13-18-7-5-6-8-18/h14-20,22H,5-13H2,1-4H3. The van der Waals surface area contributed by atoms with Crippen molar-refractivity contribution in [1.82, 2.24) is 0 Å². The van der Waals surface area contributed by atoms with Crippen molar-refractivity contribution in [2.45, 2.75) is 90.1 Å². The SMILES string of the molecule is CC1CCC(C)C1[SiH](OCC1CCCC1)C1C(C)CCC1C. The summed E-state index contributed by atoms with van der Waals surface area (Å²) in [6.45, 7) is 11.2. The van der Waals surface area contributed by atoms with E-state index in [1.165, 1.54) is 51.4 Å². The van der Waals surface area contributed by atoms with Gasteiger partial charge in [-0.3, -0.25) is 0 Å². The smallest absolute Gasteiger partial charge is 0.184 e. The largest absolute Gasteiger partial charge is 0.419 e. The van der Waals surface area contributed by atoms with Gasteiger partial charge in [-0.1, -0.05) is 66.2 Å². The van der Waals surface area contributed by atoms with Crippen molar-refractivity contribution in [2.75, 3.05) is 6.61 Å². The molecule has 0 aromatic carbocycles. The van der Waals surface area contributed by atoms with Gasteiger partial charge in [0.25, 0.3) is 0 Å². The molecule has 0 radical (unpaired) electrons. The Labute approximate surface area is 140 Å². The van der Waals surface area contributed by atoms with Crippen LogP contribution in [0.15, 0.2) is 0 Å². The number of hydrogen-bond donors (Lipinski definition) is 0. The van der Waals surface area contributed by atoms with Gasteiger partial charge in [0, 0.05) is 6.61 Å². The van der Waals surface area contributed by atoms with Crippen LogP contribution in [-0.2, 0) is 4.43 Å². The zero-order valence-electron chi connectivity index (χ0n) is 15.4. The molecule has 1 nitrogen and oxygen atoms in total. The maximum absolute atomic E-state index is 6.91. The van der Waals surface area contributed by atoms with Crippen LogP contribution in [0.1, 0.15) is 79.1 Å². The number of rotatable bonds is 5. The van der Waals surface area contributed by atoms with Gasteiger partial charge in [0.05, 0.1) is 0 Å². The lowest BCUT2D eigenvalue weighted by Gasteiger charge is -2.37. The first-order chi connectivity index (χ1) is 10.6. The highest BCUT2D eigenvalue weighted by Crippen LogP contribution is 2.53. The molecule has 0 aromatic heterocycles. The third-order valence-electron chi connectivity index (χ3n) is 7.54. The fraction of sp³-hybridized carbons (Fsp3) is 1.00. The Balaban J connectivity index is 1.72. The van der Waals surface area contributed by atoms with Crippen LogP contribution in [0.2, 0.25) is 11.1 Å². The predicted octanol–water partition coefficient (Wildman–Crippen LogP) is 5.79. The molecular formula is C20H38OSi. The molecule has 0 bridgehead atoms. The summed E-state index contributed by atoms with van der Waals surface area (Å²) in [5.41, 5.74) is 1.91. The molecule has 22 heavy (non-hydrogen) atoms. The molecule has 0 amide bonds. The lowest BCUT2D eigenvalue weighted by atomic mass is 10.1. The first-order valence-electron chi connectivity index (χ1n) is 10.2. The van der Waals surface area contributed by atoms with Crippen LogP contribution >= 0.6 is 0 Å². The van der Waals surface area contributed by atoms with Crippen molar-refractivity contribution in [3.63, 3.8) is 0 Å². The first kappa shape index (κ1) is 17.0. The summed E-state index contributed by atoms with van der Waals surface area (Å²) in [6, 6.07) is 0. The van der Waals surface area contributed by atoms with Crippen molar-refractivity contribution in [3.8, 4) is 0 Å². The lowest BCUT2D eigenvalue weighted by Crippen LogP contribution is -2.38. The third-order valence-corrected chi connectivity index (χ3v) is 12.3. The first-order valence-corrected chi connectivity index (χ1v) is 12.0. The van der Waals surface area contributed by atoms with Gasteiger partial charge < -0.3 is 4.43 Å². The highest BCUT2D eigenvalue weighted by molar-refractivity contribution is 6.56. The normalized spacial score (nSPS) is 44.7. The second-order valence-corrected chi connectivity index (χ2v) is 12.0. The maximum Gasteiger partial charge on any atom is 0.184 e. The number of hydrogen-bond acceptors (Lipinski definition) is 1. The van der Waals surface area contributed by atoms with Crippen LogP contribution in [0.5, 0.6) is 0 Å². The second-order valence-electron chi connectivity index (χ2n) is 9.17. The zero-order valence-corrected chi connectivity index (χ0v) is 16.5. The molecule has 0 aliphatic heterocycles. The monoisotopic (exact) mass is 322 g/mol. The lowest BCUT2D eigenvalue weighted by molar-refractivity contribution is 0.226. The molecule has 128 valence electrons. The van der Waals surface area contributed by atoms with E-state index in [4.69, 9.17) is 4.43 Å². The fourth-order valence-electron chi connectivity index (χ4n) is 6.14. The zero-order chi connectivity index (χ0) is 15.7. The Hall–Kier alpha value is 0.177. The minimum atomic E-state index is -1.13. The summed E-state index contributed by atoms with van der Waals surface area (Å²) in [6.07, 6.45) is 11.6. The quantitative estimate of drug-likeness (QED) is 0.582. The molecule has 3 aliphatic rings. The average molecular weight is 323 g/mol. The molecule has 3 aliphatic carbocycles. The Kier molecular flexibility index (Phi) is 5.71. The van der Waals surface area contributed by atoms with Gasteiger partial charge in [0.15, 0.2) is 9.04 Å². The summed E-state index contributed by atoms with van der Waals surface area (Å²) >= 11 is 0. The Bertz CT molecular complexity index is 308. The van der Waals surface area contributed by atoms with Crippen molar-refractivity contribution < 1.29 is 4.43 Å². The van der Waals surface area contributed by atoms with Crippen molar-refractivity contribution in [2.24, 2.45) is 29.6 Å². The second kappa shape index (κ2) is 7.38. The van der Waals surface area contributed by atoms with Gasteiger partial charge in [0.1, 0.15) is 0 Å². The molecule has 3 fully saturated rings. The van der Waals surface area contributed by atoms with Crippen LogP contribution < -0.4 is 0 Å². The van der Waals surface area contributed by atoms with Crippen LogP contribution in [-0.4, -0.2) is 15.6 Å². The third kappa shape index (κ3) is 3.48. The van der Waals surface area contributed by atoms with Gasteiger partial charge in [0.2, 0.25) is 0 Å². The van der Waals surface area contributed by atoms with Gasteiger partial charge in [-0.15, -0.1) is 0 Å². The van der Waals surface area contributed by atoms with E-state index < -0.39 is 9.04 Å². The summed E-state index contributed by atoms with van der Waals surface area (Å²) < 4.78 is 6.91. The van der Waals surface area contributed by atoms with E-state index in [1.807, 2.05) is 0 Å².